The Kier molecular flexibility index (Phi) is 7.00. The van der Waals surface area contributed by atoms with E-state index in [1.165, 1.54) is 0 Å². The summed E-state index contributed by atoms with van der Waals surface area (Å²) >= 11 is 18.3. The number of benzodiazepines with no additional fused rings is 1. The van der Waals surface area contributed by atoms with Crippen molar-refractivity contribution in [1.82, 2.24) is 10.6 Å². The number of fused-ring (bicyclic) bond motifs is 1. The van der Waals surface area contributed by atoms with Gasteiger partial charge in [0.25, 0.3) is 5.91 Å². The molecule has 1 aliphatic heterocycles. The molecule has 1 unspecified atom stereocenters. The van der Waals surface area contributed by atoms with Crippen LogP contribution in [-0.4, -0.2) is 47.2 Å². The molecule has 0 spiro atoms. The minimum Gasteiger partial charge on any atom is -0.393 e. The van der Waals surface area contributed by atoms with Crippen LogP contribution in [0.2, 0.25) is 10.0 Å². The normalized spacial score (nSPS) is 23.1. The number of benzene rings is 2. The van der Waals surface area contributed by atoms with E-state index in [1.807, 2.05) is 18.2 Å². The number of carbonyl (C=O) groups is 1. The number of aliphatic hydroxyl groups excluding tert-OH is 1. The lowest BCUT2D eigenvalue weighted by Gasteiger charge is -2.28. The summed E-state index contributed by atoms with van der Waals surface area (Å²) in [6.07, 6.45) is 1.91. The van der Waals surface area contributed by atoms with Gasteiger partial charge in [-0.25, -0.2) is 4.99 Å². The van der Waals surface area contributed by atoms with Gasteiger partial charge in [0.05, 0.1) is 17.5 Å². The molecule has 0 bridgehead atoms. The average molecular weight is 491 g/mol. The predicted octanol–water partition coefficient (Wildman–Crippen LogP) is 3.90. The molecule has 1 aliphatic carbocycles. The quantitative estimate of drug-likeness (QED) is 0.568. The van der Waals surface area contributed by atoms with Gasteiger partial charge in [0, 0.05) is 34.3 Å². The molecule has 2 aromatic carbocycles. The van der Waals surface area contributed by atoms with Crippen LogP contribution < -0.4 is 15.5 Å². The topological polar surface area (TPSA) is 77.0 Å². The van der Waals surface area contributed by atoms with Crippen molar-refractivity contribution in [3.63, 3.8) is 0 Å². The first-order chi connectivity index (χ1) is 15.3. The van der Waals surface area contributed by atoms with E-state index < -0.39 is 6.17 Å². The third-order valence-corrected chi connectivity index (χ3v) is 6.63. The van der Waals surface area contributed by atoms with Crippen molar-refractivity contribution < 1.29 is 9.90 Å². The number of amides is 1. The molecular weight excluding hydrogens is 467 g/mol. The van der Waals surface area contributed by atoms with Crippen LogP contribution in [0.3, 0.4) is 0 Å². The zero-order valence-corrected chi connectivity index (χ0v) is 19.8. The lowest BCUT2D eigenvalue weighted by molar-refractivity contribution is -0.119. The summed E-state index contributed by atoms with van der Waals surface area (Å²) < 4.78 is 0. The Bertz CT molecular complexity index is 1070. The zero-order valence-electron chi connectivity index (χ0n) is 17.5. The van der Waals surface area contributed by atoms with Crippen molar-refractivity contribution in [2.45, 2.75) is 44.0 Å². The fourth-order valence-corrected chi connectivity index (χ4v) is 4.76. The Morgan fingerprint density at radius 2 is 1.81 bits per heavy atom. The number of nitrogens with zero attached hydrogens (tertiary/aromatic N) is 2. The second kappa shape index (κ2) is 9.75. The maximum atomic E-state index is 13.3. The van der Waals surface area contributed by atoms with Crippen LogP contribution in [0.4, 0.5) is 5.69 Å². The molecule has 0 aromatic heterocycles. The number of carbonyl (C=O) groups excluding carboxylic acids is 1. The van der Waals surface area contributed by atoms with E-state index in [9.17, 15) is 9.90 Å². The fraction of sp³-hybridized carbons (Fsp3) is 0.348. The van der Waals surface area contributed by atoms with Crippen LogP contribution in [0, 0.1) is 0 Å². The number of thiocarbonyl (C=S) groups is 1. The zero-order chi connectivity index (χ0) is 22.8. The first-order valence-corrected chi connectivity index (χ1v) is 11.6. The molecule has 0 saturated heterocycles. The van der Waals surface area contributed by atoms with Crippen molar-refractivity contribution in [3.05, 3.63) is 63.6 Å². The molecule has 6 nitrogen and oxygen atoms in total. The molecule has 1 heterocycles. The van der Waals surface area contributed by atoms with Crippen LogP contribution in [0.5, 0.6) is 0 Å². The highest BCUT2D eigenvalue weighted by Gasteiger charge is 2.31. The monoisotopic (exact) mass is 490 g/mol. The van der Waals surface area contributed by atoms with Gasteiger partial charge in [-0.3, -0.25) is 4.79 Å². The van der Waals surface area contributed by atoms with E-state index in [1.54, 1.807) is 36.2 Å². The van der Waals surface area contributed by atoms with Crippen molar-refractivity contribution in [1.29, 1.82) is 0 Å². The van der Waals surface area contributed by atoms with Crippen LogP contribution in [-0.2, 0) is 4.79 Å². The largest absolute Gasteiger partial charge is 0.393 e. The summed E-state index contributed by atoms with van der Waals surface area (Å²) in [4.78, 5) is 19.6. The van der Waals surface area contributed by atoms with Crippen molar-refractivity contribution in [3.8, 4) is 0 Å². The van der Waals surface area contributed by atoms with Gasteiger partial charge in [-0.05, 0) is 62.2 Å². The van der Waals surface area contributed by atoms with Crippen LogP contribution in [0.25, 0.3) is 0 Å². The highest BCUT2D eigenvalue weighted by atomic mass is 35.5. The molecule has 4 rings (SSSR count). The lowest BCUT2D eigenvalue weighted by Crippen LogP contribution is -2.51. The molecule has 2 aliphatic rings. The number of aliphatic hydroxyl groups is 1. The van der Waals surface area contributed by atoms with Gasteiger partial charge in [-0.2, -0.15) is 0 Å². The Morgan fingerprint density at radius 3 is 2.53 bits per heavy atom. The third kappa shape index (κ3) is 4.91. The van der Waals surface area contributed by atoms with Gasteiger partial charge in [0.15, 0.2) is 5.11 Å². The molecule has 1 atom stereocenters. The predicted molar refractivity (Wildman–Crippen MR) is 133 cm³/mol. The Morgan fingerprint density at radius 1 is 1.09 bits per heavy atom. The summed E-state index contributed by atoms with van der Waals surface area (Å²) in [5.74, 6) is -0.251. The molecule has 1 amide bonds. The number of likely N-dealkylation sites (N-methyl/N-ethyl adjacent to an activating group) is 1. The van der Waals surface area contributed by atoms with Gasteiger partial charge >= 0.3 is 0 Å². The summed E-state index contributed by atoms with van der Waals surface area (Å²) in [5.41, 5.74) is 2.66. The number of rotatable bonds is 3. The minimum atomic E-state index is -0.938. The minimum absolute atomic E-state index is 0.153. The van der Waals surface area contributed by atoms with Crippen LogP contribution in [0.1, 0.15) is 36.8 Å². The maximum absolute atomic E-state index is 13.3. The first-order valence-electron chi connectivity index (χ1n) is 10.5. The number of halogens is 2. The van der Waals surface area contributed by atoms with E-state index in [4.69, 9.17) is 40.4 Å². The average Bonchev–Trinajstić information content (AvgIpc) is 2.86. The third-order valence-electron chi connectivity index (χ3n) is 5.83. The molecule has 32 heavy (non-hydrogen) atoms. The second-order valence-corrected chi connectivity index (χ2v) is 9.29. The molecule has 9 heteroatoms. The summed E-state index contributed by atoms with van der Waals surface area (Å²) in [6.45, 7) is 0. The molecular formula is C23H24Cl2N4O2S. The van der Waals surface area contributed by atoms with E-state index in [2.05, 4.69) is 10.6 Å². The smallest absolute Gasteiger partial charge is 0.272 e. The summed E-state index contributed by atoms with van der Waals surface area (Å²) in [6, 6.07) is 12.8. The van der Waals surface area contributed by atoms with E-state index in [0.29, 0.717) is 37.7 Å². The van der Waals surface area contributed by atoms with Gasteiger partial charge in [0.2, 0.25) is 6.17 Å². The fourth-order valence-electron chi connectivity index (χ4n) is 4.08. The Hall–Kier alpha value is -2.19. The highest BCUT2D eigenvalue weighted by molar-refractivity contribution is 7.80. The SMILES string of the molecule is CN1C(=O)C(NC(=S)NC2CCC(O)CC2)N=C(c2ccccc2Cl)c2cc(Cl)ccc21. The first kappa shape index (κ1) is 23.0. The van der Waals surface area contributed by atoms with E-state index in [-0.39, 0.29) is 18.1 Å². The van der Waals surface area contributed by atoms with Crippen LogP contribution in [0.15, 0.2) is 47.5 Å². The van der Waals surface area contributed by atoms with Gasteiger partial charge in [0.1, 0.15) is 0 Å². The second-order valence-electron chi connectivity index (χ2n) is 8.04. The van der Waals surface area contributed by atoms with Gasteiger partial charge in [-0.15, -0.1) is 0 Å². The molecule has 1 saturated carbocycles. The molecule has 3 N–H and O–H groups in total. The van der Waals surface area contributed by atoms with E-state index >= 15 is 0 Å². The van der Waals surface area contributed by atoms with Crippen molar-refractivity contribution >= 4 is 57.8 Å². The molecule has 0 radical (unpaired) electrons. The van der Waals surface area contributed by atoms with Crippen molar-refractivity contribution in [2.75, 3.05) is 11.9 Å². The lowest BCUT2D eigenvalue weighted by atomic mass is 9.93. The van der Waals surface area contributed by atoms with Gasteiger partial charge < -0.3 is 20.6 Å². The number of hydrogen-bond acceptors (Lipinski definition) is 4. The molecule has 168 valence electrons. The highest BCUT2D eigenvalue weighted by Crippen LogP contribution is 2.31. The maximum Gasteiger partial charge on any atom is 0.272 e. The van der Waals surface area contributed by atoms with E-state index in [0.717, 1.165) is 25.7 Å². The summed E-state index contributed by atoms with van der Waals surface area (Å²) in [7, 11) is 1.70. The Balaban J connectivity index is 1.67. The molecule has 2 aromatic rings. The van der Waals surface area contributed by atoms with Gasteiger partial charge in [-0.1, -0.05) is 41.4 Å². The standard InChI is InChI=1S/C23H24Cl2N4O2S/c1-29-19-11-6-13(24)12-17(19)20(16-4-2-3-5-18(16)25)27-21(22(29)31)28-23(32)26-14-7-9-15(30)10-8-14/h2-6,11-12,14-15,21,30H,7-10H2,1H3,(H2,26,28,32). The van der Waals surface area contributed by atoms with Crippen LogP contribution >= 0.6 is 35.4 Å². The number of nitrogens with one attached hydrogen (secondary N) is 2. The molecule has 1 fully saturated rings. The summed E-state index contributed by atoms with van der Waals surface area (Å²) in [5, 5.41) is 17.5. The Labute approximate surface area is 202 Å². The number of hydrogen-bond donors (Lipinski definition) is 3. The number of aliphatic imine (C=N–C) groups is 1. The number of anilines is 1. The van der Waals surface area contributed by atoms with Crippen molar-refractivity contribution in [2.24, 2.45) is 4.99 Å².